The molecule has 114 valence electrons. The quantitative estimate of drug-likeness (QED) is 0.898. The van der Waals surface area contributed by atoms with E-state index in [1.54, 1.807) is 0 Å². The van der Waals surface area contributed by atoms with E-state index in [0.717, 1.165) is 31.5 Å². The summed E-state index contributed by atoms with van der Waals surface area (Å²) in [6.45, 7) is 0.927. The zero-order chi connectivity index (χ0) is 14.9. The fourth-order valence-electron chi connectivity index (χ4n) is 3.38. The molecule has 3 rings (SSSR count). The lowest BCUT2D eigenvalue weighted by Crippen LogP contribution is -2.59. The van der Waals surface area contributed by atoms with Gasteiger partial charge in [-0.1, -0.05) is 6.07 Å². The van der Waals surface area contributed by atoms with Crippen LogP contribution in [-0.2, 0) is 11.2 Å². The average Bonchev–Trinajstić information content (AvgIpc) is 2.41. The number of amides is 1. The second-order valence-corrected chi connectivity index (χ2v) is 6.24. The molecule has 0 aromatic heterocycles. The summed E-state index contributed by atoms with van der Waals surface area (Å²) in [7, 11) is 0. The van der Waals surface area contributed by atoms with Crippen LogP contribution in [0, 0.1) is 11.6 Å². The molecule has 1 spiro atoms. The Morgan fingerprint density at radius 2 is 2.14 bits per heavy atom. The van der Waals surface area contributed by atoms with Crippen LogP contribution in [0.1, 0.15) is 37.7 Å². The summed E-state index contributed by atoms with van der Waals surface area (Å²) < 4.78 is 26.0. The van der Waals surface area contributed by atoms with Crippen molar-refractivity contribution in [1.82, 2.24) is 10.6 Å². The molecule has 0 bridgehead atoms. The van der Waals surface area contributed by atoms with Gasteiger partial charge in [0.15, 0.2) is 11.6 Å². The molecule has 1 atom stereocenters. The van der Waals surface area contributed by atoms with Gasteiger partial charge in [0, 0.05) is 11.6 Å². The number of piperidine rings is 1. The standard InChI is InChI=1S/C16H20F2N2O/c17-13-3-2-11(8-14(13)18)9-15(21)20-12-4-7-19-16(10-12)5-1-6-16/h2-3,8,12,19H,1,4-7,9-10H2,(H,20,21). The molecule has 1 saturated carbocycles. The minimum atomic E-state index is -0.907. The summed E-state index contributed by atoms with van der Waals surface area (Å²) in [6, 6.07) is 3.79. The maximum absolute atomic E-state index is 13.1. The molecular formula is C16H20F2N2O. The Bertz CT molecular complexity index is 543. The third kappa shape index (κ3) is 3.23. The first-order valence-electron chi connectivity index (χ1n) is 7.55. The number of hydrogen-bond acceptors (Lipinski definition) is 2. The monoisotopic (exact) mass is 294 g/mol. The van der Waals surface area contributed by atoms with Gasteiger partial charge in [0.05, 0.1) is 6.42 Å². The van der Waals surface area contributed by atoms with Gasteiger partial charge in [0.25, 0.3) is 0 Å². The van der Waals surface area contributed by atoms with Gasteiger partial charge in [-0.15, -0.1) is 0 Å². The van der Waals surface area contributed by atoms with Gasteiger partial charge < -0.3 is 10.6 Å². The van der Waals surface area contributed by atoms with E-state index in [2.05, 4.69) is 10.6 Å². The van der Waals surface area contributed by atoms with Gasteiger partial charge in [0.2, 0.25) is 5.91 Å². The lowest BCUT2D eigenvalue weighted by Gasteiger charge is -2.48. The second-order valence-electron chi connectivity index (χ2n) is 6.24. The van der Waals surface area contributed by atoms with Crippen LogP contribution in [0.5, 0.6) is 0 Å². The zero-order valence-corrected chi connectivity index (χ0v) is 11.9. The smallest absolute Gasteiger partial charge is 0.224 e. The predicted octanol–water partition coefficient (Wildman–Crippen LogP) is 2.30. The first kappa shape index (κ1) is 14.4. The van der Waals surface area contributed by atoms with Crippen molar-refractivity contribution in [2.75, 3.05) is 6.54 Å². The van der Waals surface area contributed by atoms with Crippen LogP contribution in [0.3, 0.4) is 0 Å². The maximum atomic E-state index is 13.1. The van der Waals surface area contributed by atoms with Crippen LogP contribution in [0.2, 0.25) is 0 Å². The Kier molecular flexibility index (Phi) is 3.93. The fourth-order valence-corrected chi connectivity index (χ4v) is 3.38. The number of halogens is 2. The van der Waals surface area contributed by atoms with Gasteiger partial charge in [-0.2, -0.15) is 0 Å². The van der Waals surface area contributed by atoms with E-state index in [9.17, 15) is 13.6 Å². The molecule has 2 fully saturated rings. The van der Waals surface area contributed by atoms with Crippen LogP contribution < -0.4 is 10.6 Å². The topological polar surface area (TPSA) is 41.1 Å². The van der Waals surface area contributed by atoms with Crippen molar-refractivity contribution < 1.29 is 13.6 Å². The normalized spacial score (nSPS) is 23.6. The molecule has 1 aliphatic heterocycles. The SMILES string of the molecule is O=C(Cc1ccc(F)c(F)c1)NC1CCNC2(CCC2)C1. The molecule has 1 aromatic rings. The highest BCUT2D eigenvalue weighted by Gasteiger charge is 2.41. The Hall–Kier alpha value is -1.49. The third-order valence-corrected chi connectivity index (χ3v) is 4.65. The molecule has 1 aliphatic carbocycles. The molecule has 5 heteroatoms. The van der Waals surface area contributed by atoms with E-state index < -0.39 is 11.6 Å². The van der Waals surface area contributed by atoms with Crippen LogP contribution in [0.25, 0.3) is 0 Å². The largest absolute Gasteiger partial charge is 0.353 e. The number of benzene rings is 1. The Labute approximate surface area is 123 Å². The van der Waals surface area contributed by atoms with Crippen LogP contribution >= 0.6 is 0 Å². The predicted molar refractivity (Wildman–Crippen MR) is 75.8 cm³/mol. The molecule has 1 amide bonds. The number of rotatable bonds is 3. The number of carbonyl (C=O) groups is 1. The minimum absolute atomic E-state index is 0.0914. The van der Waals surface area contributed by atoms with Gasteiger partial charge in [-0.05, 0) is 56.3 Å². The van der Waals surface area contributed by atoms with Crippen LogP contribution in [0.15, 0.2) is 18.2 Å². The molecular weight excluding hydrogens is 274 g/mol. The Morgan fingerprint density at radius 3 is 2.81 bits per heavy atom. The lowest BCUT2D eigenvalue weighted by atomic mass is 9.70. The van der Waals surface area contributed by atoms with E-state index >= 15 is 0 Å². The average molecular weight is 294 g/mol. The summed E-state index contributed by atoms with van der Waals surface area (Å²) >= 11 is 0. The first-order chi connectivity index (χ1) is 10.1. The van der Waals surface area contributed by atoms with Crippen molar-refractivity contribution in [3.63, 3.8) is 0 Å². The summed E-state index contributed by atoms with van der Waals surface area (Å²) in [4.78, 5) is 12.0. The van der Waals surface area contributed by atoms with Gasteiger partial charge in [-0.25, -0.2) is 8.78 Å². The van der Waals surface area contributed by atoms with E-state index in [-0.39, 0.29) is 23.9 Å². The van der Waals surface area contributed by atoms with E-state index in [1.807, 2.05) is 0 Å². The van der Waals surface area contributed by atoms with Crippen molar-refractivity contribution in [3.8, 4) is 0 Å². The molecule has 1 heterocycles. The van der Waals surface area contributed by atoms with Crippen LogP contribution in [-0.4, -0.2) is 24.0 Å². The van der Waals surface area contributed by atoms with E-state index in [1.165, 1.54) is 25.3 Å². The van der Waals surface area contributed by atoms with Crippen molar-refractivity contribution in [2.45, 2.75) is 50.1 Å². The maximum Gasteiger partial charge on any atom is 0.224 e. The summed E-state index contributed by atoms with van der Waals surface area (Å²) in [6.07, 6.45) is 5.60. The summed E-state index contributed by atoms with van der Waals surface area (Å²) in [5, 5.41) is 6.59. The van der Waals surface area contributed by atoms with E-state index in [4.69, 9.17) is 0 Å². The molecule has 2 N–H and O–H groups in total. The second kappa shape index (κ2) is 5.72. The molecule has 1 saturated heterocycles. The molecule has 21 heavy (non-hydrogen) atoms. The summed E-state index contributed by atoms with van der Waals surface area (Å²) in [5.41, 5.74) is 0.733. The minimum Gasteiger partial charge on any atom is -0.353 e. The number of hydrogen-bond donors (Lipinski definition) is 2. The van der Waals surface area contributed by atoms with Gasteiger partial charge in [-0.3, -0.25) is 4.79 Å². The zero-order valence-electron chi connectivity index (χ0n) is 11.9. The fraction of sp³-hybridized carbons (Fsp3) is 0.562. The molecule has 2 aliphatic rings. The first-order valence-corrected chi connectivity index (χ1v) is 7.55. The van der Waals surface area contributed by atoms with Crippen LogP contribution in [0.4, 0.5) is 8.78 Å². The Morgan fingerprint density at radius 1 is 1.33 bits per heavy atom. The Balaban J connectivity index is 1.55. The van der Waals surface area contributed by atoms with Crippen molar-refractivity contribution in [3.05, 3.63) is 35.4 Å². The molecule has 3 nitrogen and oxygen atoms in total. The lowest BCUT2D eigenvalue weighted by molar-refractivity contribution is -0.121. The number of carbonyl (C=O) groups excluding carboxylic acids is 1. The highest BCUT2D eigenvalue weighted by Crippen LogP contribution is 2.38. The third-order valence-electron chi connectivity index (χ3n) is 4.65. The molecule has 1 aromatic carbocycles. The van der Waals surface area contributed by atoms with Crippen molar-refractivity contribution >= 4 is 5.91 Å². The van der Waals surface area contributed by atoms with E-state index in [0.29, 0.717) is 5.56 Å². The molecule has 0 radical (unpaired) electrons. The number of nitrogens with one attached hydrogen (secondary N) is 2. The molecule has 1 unspecified atom stereocenters. The van der Waals surface area contributed by atoms with Gasteiger partial charge in [0.1, 0.15) is 0 Å². The van der Waals surface area contributed by atoms with Gasteiger partial charge >= 0.3 is 0 Å². The summed E-state index contributed by atoms with van der Waals surface area (Å²) in [5.74, 6) is -1.91. The van der Waals surface area contributed by atoms with Crippen molar-refractivity contribution in [2.24, 2.45) is 0 Å². The highest BCUT2D eigenvalue weighted by atomic mass is 19.2. The van der Waals surface area contributed by atoms with Crippen molar-refractivity contribution in [1.29, 1.82) is 0 Å². The highest BCUT2D eigenvalue weighted by molar-refractivity contribution is 5.78.